The zero-order valence-corrected chi connectivity index (χ0v) is 6.80. The quantitative estimate of drug-likeness (QED) is 0.564. The van der Waals surface area contributed by atoms with Crippen molar-refractivity contribution in [2.75, 3.05) is 13.6 Å². The van der Waals surface area contributed by atoms with Crippen molar-refractivity contribution in [1.82, 2.24) is 4.90 Å². The minimum atomic E-state index is 1.08. The van der Waals surface area contributed by atoms with Gasteiger partial charge in [-0.2, -0.15) is 0 Å². The fourth-order valence-electron chi connectivity index (χ4n) is 1.09. The number of hydrogen-bond donors (Lipinski definition) is 0. The third kappa shape index (κ3) is 1.90. The van der Waals surface area contributed by atoms with E-state index in [1.807, 2.05) is 0 Å². The number of allylic oxidation sites excluding steroid dienone is 2. The lowest BCUT2D eigenvalue weighted by atomic mass is 10.1. The molecule has 0 saturated heterocycles. The van der Waals surface area contributed by atoms with Crippen molar-refractivity contribution >= 4 is 0 Å². The molecule has 0 spiro atoms. The molecule has 1 nitrogen and oxygen atoms in total. The van der Waals surface area contributed by atoms with E-state index in [0.717, 1.165) is 6.54 Å². The Kier molecular flexibility index (Phi) is 2.55. The minimum absolute atomic E-state index is 1.08. The van der Waals surface area contributed by atoms with Gasteiger partial charge in [0.15, 0.2) is 0 Å². The molecule has 0 aromatic rings. The molecule has 10 heavy (non-hydrogen) atoms. The molecular formula is C9H15N. The van der Waals surface area contributed by atoms with Crippen LogP contribution in [0, 0.1) is 0 Å². The molecule has 0 aromatic heterocycles. The molecule has 0 atom stereocenters. The summed E-state index contributed by atoms with van der Waals surface area (Å²) in [5.41, 5.74) is 1.49. The largest absolute Gasteiger partial charge is 0.377 e. The van der Waals surface area contributed by atoms with Gasteiger partial charge >= 0.3 is 0 Å². The van der Waals surface area contributed by atoms with Crippen LogP contribution < -0.4 is 0 Å². The highest BCUT2D eigenvalue weighted by molar-refractivity contribution is 5.21. The van der Waals surface area contributed by atoms with Crippen molar-refractivity contribution in [3.8, 4) is 0 Å². The first kappa shape index (κ1) is 7.39. The summed E-state index contributed by atoms with van der Waals surface area (Å²) >= 11 is 0. The van der Waals surface area contributed by atoms with Crippen LogP contribution in [-0.4, -0.2) is 18.5 Å². The topological polar surface area (TPSA) is 3.24 Å². The highest BCUT2D eigenvalue weighted by Crippen LogP contribution is 2.10. The van der Waals surface area contributed by atoms with Crippen LogP contribution in [0.25, 0.3) is 0 Å². The third-order valence-corrected chi connectivity index (χ3v) is 1.72. The highest BCUT2D eigenvalue weighted by atomic mass is 15.1. The molecule has 1 heterocycles. The molecule has 1 rings (SSSR count). The molecule has 0 aliphatic carbocycles. The smallest absolute Gasteiger partial charge is 0.0356 e. The summed E-state index contributed by atoms with van der Waals surface area (Å²) in [4.78, 5) is 2.18. The Morgan fingerprint density at radius 3 is 2.90 bits per heavy atom. The van der Waals surface area contributed by atoms with Crippen molar-refractivity contribution in [2.24, 2.45) is 0 Å². The molecule has 0 N–H and O–H groups in total. The van der Waals surface area contributed by atoms with E-state index in [2.05, 4.69) is 37.2 Å². The molecule has 0 saturated carbocycles. The van der Waals surface area contributed by atoms with Crippen LogP contribution in [0.3, 0.4) is 0 Å². The normalized spacial score (nSPS) is 17.4. The number of hydrogen-bond acceptors (Lipinski definition) is 1. The highest BCUT2D eigenvalue weighted by Gasteiger charge is 1.97. The number of nitrogens with zero attached hydrogens (tertiary/aromatic N) is 1. The Hall–Kier alpha value is -0.720. The van der Waals surface area contributed by atoms with E-state index in [0.29, 0.717) is 0 Å². The van der Waals surface area contributed by atoms with Crippen LogP contribution in [0.5, 0.6) is 0 Å². The van der Waals surface area contributed by atoms with Crippen LogP contribution in [0.15, 0.2) is 23.9 Å². The predicted octanol–water partition coefficient (Wildman–Crippen LogP) is 2.17. The first-order valence-electron chi connectivity index (χ1n) is 3.90. The van der Waals surface area contributed by atoms with Gasteiger partial charge in [0.25, 0.3) is 0 Å². The summed E-state index contributed by atoms with van der Waals surface area (Å²) in [6.45, 7) is 3.29. The molecule has 1 heteroatoms. The maximum absolute atomic E-state index is 2.30. The second kappa shape index (κ2) is 3.45. The monoisotopic (exact) mass is 137 g/mol. The van der Waals surface area contributed by atoms with Crippen molar-refractivity contribution in [1.29, 1.82) is 0 Å². The standard InChI is InChI=1S/C9H15N/c1-3-4-9-5-7-10(2)8-6-9/h5-7H,3-4,8H2,1-2H3. The summed E-state index contributed by atoms with van der Waals surface area (Å²) in [6, 6.07) is 0. The predicted molar refractivity (Wildman–Crippen MR) is 44.8 cm³/mol. The van der Waals surface area contributed by atoms with E-state index in [1.54, 1.807) is 0 Å². The van der Waals surface area contributed by atoms with Crippen LogP contribution in [-0.2, 0) is 0 Å². The lowest BCUT2D eigenvalue weighted by Gasteiger charge is -2.16. The molecule has 1 aliphatic rings. The molecular weight excluding hydrogens is 122 g/mol. The van der Waals surface area contributed by atoms with Gasteiger partial charge in [-0.3, -0.25) is 0 Å². The number of likely N-dealkylation sites (N-methyl/N-ethyl adjacent to an activating group) is 1. The fraction of sp³-hybridized carbons (Fsp3) is 0.556. The minimum Gasteiger partial charge on any atom is -0.377 e. The molecule has 56 valence electrons. The Bertz CT molecular complexity index is 156. The summed E-state index contributed by atoms with van der Waals surface area (Å²) in [5.74, 6) is 0. The third-order valence-electron chi connectivity index (χ3n) is 1.72. The molecule has 0 radical (unpaired) electrons. The Morgan fingerprint density at radius 2 is 2.40 bits per heavy atom. The molecule has 0 aromatic carbocycles. The lowest BCUT2D eigenvalue weighted by molar-refractivity contribution is 0.500. The van der Waals surface area contributed by atoms with E-state index in [9.17, 15) is 0 Å². The zero-order chi connectivity index (χ0) is 7.40. The average molecular weight is 137 g/mol. The van der Waals surface area contributed by atoms with Crippen molar-refractivity contribution in [2.45, 2.75) is 19.8 Å². The Morgan fingerprint density at radius 1 is 1.60 bits per heavy atom. The van der Waals surface area contributed by atoms with Crippen LogP contribution in [0.4, 0.5) is 0 Å². The molecule has 1 aliphatic heterocycles. The second-order valence-electron chi connectivity index (χ2n) is 2.78. The first-order valence-corrected chi connectivity index (χ1v) is 3.90. The van der Waals surface area contributed by atoms with Crippen LogP contribution >= 0.6 is 0 Å². The SMILES string of the molecule is CCCC1=CCN(C)C=C1. The van der Waals surface area contributed by atoms with Gasteiger partial charge in [0.05, 0.1) is 0 Å². The van der Waals surface area contributed by atoms with Crippen molar-refractivity contribution < 1.29 is 0 Å². The van der Waals surface area contributed by atoms with Gasteiger partial charge in [-0.25, -0.2) is 0 Å². The van der Waals surface area contributed by atoms with E-state index in [-0.39, 0.29) is 0 Å². The van der Waals surface area contributed by atoms with Crippen LogP contribution in [0.1, 0.15) is 19.8 Å². The van der Waals surface area contributed by atoms with E-state index < -0.39 is 0 Å². The molecule has 0 fully saturated rings. The van der Waals surface area contributed by atoms with E-state index in [1.165, 1.54) is 18.4 Å². The summed E-state index contributed by atoms with van der Waals surface area (Å²) in [7, 11) is 2.09. The average Bonchev–Trinajstić information content (AvgIpc) is 1.95. The van der Waals surface area contributed by atoms with Gasteiger partial charge in [-0.1, -0.05) is 19.4 Å². The van der Waals surface area contributed by atoms with Crippen LogP contribution in [0.2, 0.25) is 0 Å². The van der Waals surface area contributed by atoms with Gasteiger partial charge in [-0.05, 0) is 24.3 Å². The van der Waals surface area contributed by atoms with Gasteiger partial charge in [0.2, 0.25) is 0 Å². The summed E-state index contributed by atoms with van der Waals surface area (Å²) in [6.07, 6.45) is 9.12. The van der Waals surface area contributed by atoms with Crippen molar-refractivity contribution in [3.05, 3.63) is 23.9 Å². The van der Waals surface area contributed by atoms with Crippen molar-refractivity contribution in [3.63, 3.8) is 0 Å². The van der Waals surface area contributed by atoms with Gasteiger partial charge in [0, 0.05) is 13.6 Å². The Balaban J connectivity index is 2.42. The van der Waals surface area contributed by atoms with E-state index in [4.69, 9.17) is 0 Å². The summed E-state index contributed by atoms with van der Waals surface area (Å²) in [5, 5.41) is 0. The fourth-order valence-corrected chi connectivity index (χ4v) is 1.09. The summed E-state index contributed by atoms with van der Waals surface area (Å²) < 4.78 is 0. The number of rotatable bonds is 2. The molecule has 0 bridgehead atoms. The van der Waals surface area contributed by atoms with E-state index >= 15 is 0 Å². The second-order valence-corrected chi connectivity index (χ2v) is 2.78. The Labute approximate surface area is 63.0 Å². The van der Waals surface area contributed by atoms with Gasteiger partial charge in [0.1, 0.15) is 0 Å². The molecule has 0 unspecified atom stereocenters. The maximum atomic E-state index is 2.30. The molecule has 0 amide bonds. The van der Waals surface area contributed by atoms with Gasteiger partial charge < -0.3 is 4.90 Å². The lowest BCUT2D eigenvalue weighted by Crippen LogP contribution is -2.13. The van der Waals surface area contributed by atoms with Gasteiger partial charge in [-0.15, -0.1) is 0 Å². The first-order chi connectivity index (χ1) is 4.83. The maximum Gasteiger partial charge on any atom is 0.0356 e. The zero-order valence-electron chi connectivity index (χ0n) is 6.80.